The smallest absolute Gasteiger partial charge is 0.0655 e. The van der Waals surface area contributed by atoms with Crippen LogP contribution in [0.4, 0.5) is 0 Å². The predicted molar refractivity (Wildman–Crippen MR) is 63.1 cm³/mol. The Morgan fingerprint density at radius 1 is 1.53 bits per heavy atom. The van der Waals surface area contributed by atoms with E-state index in [4.69, 9.17) is 0 Å². The van der Waals surface area contributed by atoms with Crippen molar-refractivity contribution in [2.75, 3.05) is 5.75 Å². The van der Waals surface area contributed by atoms with Crippen molar-refractivity contribution in [1.82, 2.24) is 4.98 Å². The van der Waals surface area contributed by atoms with Crippen LogP contribution in [0.3, 0.4) is 0 Å². The second kappa shape index (κ2) is 4.54. The zero-order chi connectivity index (χ0) is 10.7. The molecule has 0 radical (unpaired) electrons. The molecule has 1 aromatic rings. The number of hydrogen-bond donors (Lipinski definition) is 1. The van der Waals surface area contributed by atoms with E-state index < -0.39 is 0 Å². The number of thioether (sulfide) groups is 1. The molecule has 1 heterocycles. The molecule has 0 spiro atoms. The Kier molecular flexibility index (Phi) is 3.32. The Morgan fingerprint density at radius 3 is 2.93 bits per heavy atom. The van der Waals surface area contributed by atoms with Crippen molar-refractivity contribution < 1.29 is 5.11 Å². The molecule has 1 aliphatic carbocycles. The van der Waals surface area contributed by atoms with Crippen LogP contribution in [0.2, 0.25) is 0 Å². The summed E-state index contributed by atoms with van der Waals surface area (Å²) in [6.45, 7) is 2.00. The third kappa shape index (κ3) is 2.95. The monoisotopic (exact) mass is 223 g/mol. The zero-order valence-electron chi connectivity index (χ0n) is 9.07. The van der Waals surface area contributed by atoms with Crippen LogP contribution in [-0.2, 0) is 0 Å². The molecule has 0 saturated heterocycles. The van der Waals surface area contributed by atoms with Crippen molar-refractivity contribution in [1.29, 1.82) is 0 Å². The van der Waals surface area contributed by atoms with Crippen molar-refractivity contribution in [3.05, 3.63) is 24.0 Å². The summed E-state index contributed by atoms with van der Waals surface area (Å²) >= 11 is 1.81. The molecule has 0 bridgehead atoms. The van der Waals surface area contributed by atoms with Crippen LogP contribution in [0.25, 0.3) is 0 Å². The van der Waals surface area contributed by atoms with Gasteiger partial charge in [0.1, 0.15) is 0 Å². The fourth-order valence-electron chi connectivity index (χ4n) is 1.80. The van der Waals surface area contributed by atoms with Crippen molar-refractivity contribution in [3.8, 4) is 0 Å². The minimum absolute atomic E-state index is 0.338. The SMILES string of the molecule is Cc1cc(SCCC2(O)CCC2)ccn1. The average molecular weight is 223 g/mol. The van der Waals surface area contributed by atoms with Crippen LogP contribution in [0.5, 0.6) is 0 Å². The quantitative estimate of drug-likeness (QED) is 0.797. The van der Waals surface area contributed by atoms with Gasteiger partial charge in [0.2, 0.25) is 0 Å². The molecule has 82 valence electrons. The third-order valence-corrected chi connectivity index (χ3v) is 3.98. The summed E-state index contributed by atoms with van der Waals surface area (Å²) < 4.78 is 0. The molecule has 1 aliphatic rings. The van der Waals surface area contributed by atoms with E-state index in [0.29, 0.717) is 0 Å². The van der Waals surface area contributed by atoms with E-state index in [0.717, 1.165) is 30.7 Å². The Morgan fingerprint density at radius 2 is 2.33 bits per heavy atom. The van der Waals surface area contributed by atoms with E-state index in [2.05, 4.69) is 11.1 Å². The van der Waals surface area contributed by atoms with E-state index in [1.54, 1.807) is 0 Å². The van der Waals surface area contributed by atoms with Gasteiger partial charge >= 0.3 is 0 Å². The van der Waals surface area contributed by atoms with E-state index in [9.17, 15) is 5.11 Å². The van der Waals surface area contributed by atoms with Gasteiger partial charge in [0.25, 0.3) is 0 Å². The van der Waals surface area contributed by atoms with E-state index in [1.165, 1.54) is 11.3 Å². The normalized spacial score (nSPS) is 18.5. The summed E-state index contributed by atoms with van der Waals surface area (Å²) in [6, 6.07) is 4.12. The highest BCUT2D eigenvalue weighted by atomic mass is 32.2. The van der Waals surface area contributed by atoms with Gasteiger partial charge in [0, 0.05) is 22.5 Å². The zero-order valence-corrected chi connectivity index (χ0v) is 9.89. The summed E-state index contributed by atoms with van der Waals surface area (Å²) in [5.74, 6) is 1.000. The van der Waals surface area contributed by atoms with Gasteiger partial charge in [0.15, 0.2) is 0 Å². The maximum atomic E-state index is 9.92. The lowest BCUT2D eigenvalue weighted by molar-refractivity contribution is -0.0349. The van der Waals surface area contributed by atoms with Crippen LogP contribution in [0, 0.1) is 6.92 Å². The maximum absolute atomic E-state index is 9.92. The van der Waals surface area contributed by atoms with Crippen molar-refractivity contribution in [2.24, 2.45) is 0 Å². The summed E-state index contributed by atoms with van der Waals surface area (Å²) in [5, 5.41) is 9.92. The van der Waals surface area contributed by atoms with Crippen LogP contribution in [0.1, 0.15) is 31.4 Å². The first-order chi connectivity index (χ1) is 7.18. The number of pyridine rings is 1. The van der Waals surface area contributed by atoms with Gasteiger partial charge in [0.05, 0.1) is 5.60 Å². The summed E-state index contributed by atoms with van der Waals surface area (Å²) in [5.41, 5.74) is 0.720. The number of hydrogen-bond acceptors (Lipinski definition) is 3. The van der Waals surface area contributed by atoms with Crippen molar-refractivity contribution in [3.63, 3.8) is 0 Å². The molecule has 15 heavy (non-hydrogen) atoms. The Labute approximate surface area is 95.1 Å². The molecule has 1 N–H and O–H groups in total. The third-order valence-electron chi connectivity index (χ3n) is 2.99. The van der Waals surface area contributed by atoms with Gasteiger partial charge in [-0.15, -0.1) is 11.8 Å². The number of nitrogens with zero attached hydrogens (tertiary/aromatic N) is 1. The Bertz CT molecular complexity index is 336. The molecule has 1 fully saturated rings. The molecule has 0 aliphatic heterocycles. The molecule has 0 unspecified atom stereocenters. The molecular weight excluding hydrogens is 206 g/mol. The van der Waals surface area contributed by atoms with E-state index >= 15 is 0 Å². The molecular formula is C12H17NOS. The topological polar surface area (TPSA) is 33.1 Å². The number of aryl methyl sites for hydroxylation is 1. The van der Waals surface area contributed by atoms with Gasteiger partial charge in [-0.25, -0.2) is 0 Å². The summed E-state index contributed by atoms with van der Waals surface area (Å²) in [4.78, 5) is 5.42. The average Bonchev–Trinajstić information content (AvgIpc) is 2.15. The molecule has 0 aromatic carbocycles. The highest BCUT2D eigenvalue weighted by molar-refractivity contribution is 7.99. The van der Waals surface area contributed by atoms with Crippen LogP contribution < -0.4 is 0 Å². The lowest BCUT2D eigenvalue weighted by Gasteiger charge is -2.36. The molecule has 0 amide bonds. The lowest BCUT2D eigenvalue weighted by Crippen LogP contribution is -2.37. The van der Waals surface area contributed by atoms with Crippen LogP contribution >= 0.6 is 11.8 Å². The summed E-state index contributed by atoms with van der Waals surface area (Å²) in [7, 11) is 0. The standard InChI is InChI=1S/C12H17NOS/c1-10-9-11(3-7-13-10)15-8-6-12(14)4-2-5-12/h3,7,9,14H,2,4-6,8H2,1H3. The van der Waals surface area contributed by atoms with Gasteiger partial charge in [-0.2, -0.15) is 0 Å². The molecule has 3 heteroatoms. The van der Waals surface area contributed by atoms with Crippen molar-refractivity contribution in [2.45, 2.75) is 43.1 Å². The van der Waals surface area contributed by atoms with E-state index in [1.807, 2.05) is 30.9 Å². The first kappa shape index (κ1) is 11.0. The number of rotatable bonds is 4. The second-order valence-electron chi connectivity index (χ2n) is 4.31. The minimum Gasteiger partial charge on any atom is -0.390 e. The molecule has 2 nitrogen and oxygen atoms in total. The fraction of sp³-hybridized carbons (Fsp3) is 0.583. The van der Waals surface area contributed by atoms with Gasteiger partial charge in [-0.05, 0) is 44.7 Å². The van der Waals surface area contributed by atoms with Crippen LogP contribution in [0.15, 0.2) is 23.2 Å². The Hall–Kier alpha value is -0.540. The minimum atomic E-state index is -0.338. The molecule has 1 aromatic heterocycles. The van der Waals surface area contributed by atoms with Gasteiger partial charge in [-0.1, -0.05) is 0 Å². The number of aliphatic hydroxyl groups is 1. The van der Waals surface area contributed by atoms with E-state index in [-0.39, 0.29) is 5.60 Å². The molecule has 1 saturated carbocycles. The molecule has 2 rings (SSSR count). The predicted octanol–water partition coefficient (Wildman–Crippen LogP) is 2.79. The Balaban J connectivity index is 1.78. The van der Waals surface area contributed by atoms with Crippen molar-refractivity contribution >= 4 is 11.8 Å². The van der Waals surface area contributed by atoms with Gasteiger partial charge in [-0.3, -0.25) is 4.98 Å². The van der Waals surface area contributed by atoms with Crippen LogP contribution in [-0.4, -0.2) is 21.4 Å². The lowest BCUT2D eigenvalue weighted by atomic mass is 9.78. The summed E-state index contributed by atoms with van der Waals surface area (Å²) in [6.07, 6.45) is 5.93. The second-order valence-corrected chi connectivity index (χ2v) is 5.48. The first-order valence-electron chi connectivity index (χ1n) is 5.46. The first-order valence-corrected chi connectivity index (χ1v) is 6.44. The van der Waals surface area contributed by atoms with Gasteiger partial charge < -0.3 is 5.11 Å². The fourth-order valence-corrected chi connectivity index (χ4v) is 2.93. The highest BCUT2D eigenvalue weighted by Gasteiger charge is 2.33. The maximum Gasteiger partial charge on any atom is 0.0655 e. The number of aromatic nitrogens is 1. The molecule has 0 atom stereocenters. The highest BCUT2D eigenvalue weighted by Crippen LogP contribution is 2.36. The largest absolute Gasteiger partial charge is 0.390 e.